The molecule has 1 amide bonds. The molecule has 88 valence electrons. The molecule has 0 radical (unpaired) electrons. The van der Waals surface area contributed by atoms with Crippen LogP contribution in [0.3, 0.4) is 0 Å². The van der Waals surface area contributed by atoms with E-state index in [0.29, 0.717) is 12.2 Å². The number of hydrogen-bond donors (Lipinski definition) is 4. The third-order valence-corrected chi connectivity index (χ3v) is 2.19. The van der Waals surface area contributed by atoms with Gasteiger partial charge in [-0.1, -0.05) is 12.1 Å². The molecule has 0 aliphatic heterocycles. The Labute approximate surface area is 94.4 Å². The summed E-state index contributed by atoms with van der Waals surface area (Å²) in [6.45, 7) is 0.234. The summed E-state index contributed by atoms with van der Waals surface area (Å²) in [7, 11) is 0. The van der Waals surface area contributed by atoms with Gasteiger partial charge in [0.15, 0.2) is 0 Å². The van der Waals surface area contributed by atoms with Crippen LogP contribution in [-0.4, -0.2) is 30.2 Å². The van der Waals surface area contributed by atoms with E-state index in [1.54, 1.807) is 12.1 Å². The van der Waals surface area contributed by atoms with E-state index in [-0.39, 0.29) is 6.61 Å². The molecule has 6 N–H and O–H groups in total. The topological polar surface area (TPSA) is 101 Å². The largest absolute Gasteiger partial charge is 0.394 e. The van der Waals surface area contributed by atoms with Gasteiger partial charge in [-0.2, -0.15) is 0 Å². The second-order valence-corrected chi connectivity index (χ2v) is 3.51. The number of amides is 1. The summed E-state index contributed by atoms with van der Waals surface area (Å²) in [6.07, 6.45) is 0.810. The Hall–Kier alpha value is -1.43. The molecule has 5 nitrogen and oxygen atoms in total. The standard InChI is InChI=1S/C11H17N3O2/c12-6-5-8-1-3-9(4-2-8)14-11(16)10(13)7-15/h1-4,10,15H,5-7,12-13H2,(H,14,16). The first kappa shape index (κ1) is 12.6. The fourth-order valence-corrected chi connectivity index (χ4v) is 1.24. The van der Waals surface area contributed by atoms with Crippen molar-refractivity contribution in [3.8, 4) is 0 Å². The van der Waals surface area contributed by atoms with Gasteiger partial charge >= 0.3 is 0 Å². The fraction of sp³-hybridized carbons (Fsp3) is 0.364. The molecule has 0 bridgehead atoms. The molecule has 16 heavy (non-hydrogen) atoms. The van der Waals surface area contributed by atoms with Gasteiger partial charge in [-0.05, 0) is 30.7 Å². The minimum absolute atomic E-state index is 0.364. The third-order valence-electron chi connectivity index (χ3n) is 2.19. The van der Waals surface area contributed by atoms with Crippen LogP contribution < -0.4 is 16.8 Å². The number of anilines is 1. The van der Waals surface area contributed by atoms with Gasteiger partial charge in [-0.15, -0.1) is 0 Å². The molecule has 1 aromatic rings. The Kier molecular flexibility index (Phi) is 4.91. The maximum absolute atomic E-state index is 11.3. The number of hydrogen-bond acceptors (Lipinski definition) is 4. The second kappa shape index (κ2) is 6.22. The molecule has 0 aromatic heterocycles. The maximum atomic E-state index is 11.3. The van der Waals surface area contributed by atoms with E-state index >= 15 is 0 Å². The third kappa shape index (κ3) is 3.62. The number of aliphatic hydroxyl groups excluding tert-OH is 1. The average molecular weight is 223 g/mol. The molecule has 0 heterocycles. The molecule has 1 atom stereocenters. The van der Waals surface area contributed by atoms with E-state index < -0.39 is 11.9 Å². The number of carbonyl (C=O) groups excluding carboxylic acids is 1. The van der Waals surface area contributed by atoms with Gasteiger partial charge in [0.2, 0.25) is 5.91 Å². The Balaban J connectivity index is 2.58. The highest BCUT2D eigenvalue weighted by Gasteiger charge is 2.11. The summed E-state index contributed by atoms with van der Waals surface area (Å²) in [5.74, 6) is -0.394. The first-order valence-electron chi connectivity index (χ1n) is 5.13. The number of nitrogens with two attached hydrogens (primary N) is 2. The molecular weight excluding hydrogens is 206 g/mol. The molecule has 5 heteroatoms. The van der Waals surface area contributed by atoms with Gasteiger partial charge in [0.25, 0.3) is 0 Å². The summed E-state index contributed by atoms with van der Waals surface area (Å²) in [5.41, 5.74) is 12.6. The quantitative estimate of drug-likeness (QED) is 0.537. The van der Waals surface area contributed by atoms with Gasteiger partial charge in [0, 0.05) is 5.69 Å². The van der Waals surface area contributed by atoms with Crippen LogP contribution in [0.15, 0.2) is 24.3 Å². The Morgan fingerprint density at radius 2 is 2.00 bits per heavy atom. The van der Waals surface area contributed by atoms with Gasteiger partial charge < -0.3 is 21.9 Å². The van der Waals surface area contributed by atoms with Crippen molar-refractivity contribution in [3.05, 3.63) is 29.8 Å². The number of aliphatic hydroxyl groups is 1. The Morgan fingerprint density at radius 3 is 2.50 bits per heavy atom. The van der Waals surface area contributed by atoms with Crippen molar-refractivity contribution < 1.29 is 9.90 Å². The van der Waals surface area contributed by atoms with Gasteiger partial charge in [0.05, 0.1) is 6.61 Å². The smallest absolute Gasteiger partial charge is 0.243 e. The van der Waals surface area contributed by atoms with Crippen LogP contribution >= 0.6 is 0 Å². The normalized spacial score (nSPS) is 12.2. The van der Waals surface area contributed by atoms with E-state index in [2.05, 4.69) is 5.32 Å². The summed E-state index contributed by atoms with van der Waals surface area (Å²) in [4.78, 5) is 11.3. The number of rotatable bonds is 5. The van der Waals surface area contributed by atoms with E-state index in [9.17, 15) is 4.79 Å². The summed E-state index contributed by atoms with van der Waals surface area (Å²) < 4.78 is 0. The molecule has 0 aliphatic rings. The minimum atomic E-state index is -0.885. The highest BCUT2D eigenvalue weighted by atomic mass is 16.3. The number of carbonyl (C=O) groups is 1. The first-order chi connectivity index (χ1) is 7.67. The number of nitrogens with one attached hydrogen (secondary N) is 1. The molecule has 0 saturated heterocycles. The molecule has 0 aliphatic carbocycles. The van der Waals surface area contributed by atoms with Crippen LogP contribution in [0.2, 0.25) is 0 Å². The van der Waals surface area contributed by atoms with Crippen LogP contribution in [0, 0.1) is 0 Å². The van der Waals surface area contributed by atoms with Crippen molar-refractivity contribution in [2.45, 2.75) is 12.5 Å². The number of benzene rings is 1. The predicted molar refractivity (Wildman–Crippen MR) is 62.9 cm³/mol. The minimum Gasteiger partial charge on any atom is -0.394 e. The van der Waals surface area contributed by atoms with Crippen molar-refractivity contribution >= 4 is 11.6 Å². The lowest BCUT2D eigenvalue weighted by Gasteiger charge is -2.09. The van der Waals surface area contributed by atoms with E-state index in [0.717, 1.165) is 12.0 Å². The molecule has 1 rings (SSSR count). The molecule has 0 fully saturated rings. The lowest BCUT2D eigenvalue weighted by Crippen LogP contribution is -2.38. The van der Waals surface area contributed by atoms with Crippen LogP contribution in [-0.2, 0) is 11.2 Å². The lowest BCUT2D eigenvalue weighted by molar-refractivity contribution is -0.118. The molecular formula is C11H17N3O2. The van der Waals surface area contributed by atoms with Crippen molar-refractivity contribution in [2.75, 3.05) is 18.5 Å². The highest BCUT2D eigenvalue weighted by molar-refractivity contribution is 5.94. The summed E-state index contributed by atoms with van der Waals surface area (Å²) in [5, 5.41) is 11.3. The van der Waals surface area contributed by atoms with Gasteiger partial charge in [-0.3, -0.25) is 4.79 Å². The fourth-order valence-electron chi connectivity index (χ4n) is 1.24. The molecule has 0 spiro atoms. The zero-order valence-corrected chi connectivity index (χ0v) is 9.02. The zero-order valence-electron chi connectivity index (χ0n) is 9.02. The van der Waals surface area contributed by atoms with Crippen LogP contribution in [0.5, 0.6) is 0 Å². The van der Waals surface area contributed by atoms with Crippen LogP contribution in [0.25, 0.3) is 0 Å². The SMILES string of the molecule is NCCc1ccc(NC(=O)C(N)CO)cc1. The Bertz CT molecular complexity index is 338. The van der Waals surface area contributed by atoms with Crippen LogP contribution in [0.1, 0.15) is 5.56 Å². The van der Waals surface area contributed by atoms with Crippen molar-refractivity contribution in [1.29, 1.82) is 0 Å². The monoisotopic (exact) mass is 223 g/mol. The van der Waals surface area contributed by atoms with Gasteiger partial charge in [-0.25, -0.2) is 0 Å². The summed E-state index contributed by atoms with van der Waals surface area (Å²) >= 11 is 0. The zero-order chi connectivity index (χ0) is 12.0. The molecule has 1 aromatic carbocycles. The highest BCUT2D eigenvalue weighted by Crippen LogP contribution is 2.09. The lowest BCUT2D eigenvalue weighted by atomic mass is 10.1. The van der Waals surface area contributed by atoms with E-state index in [1.807, 2.05) is 12.1 Å². The van der Waals surface area contributed by atoms with Gasteiger partial charge in [0.1, 0.15) is 6.04 Å². The molecule has 1 unspecified atom stereocenters. The van der Waals surface area contributed by atoms with E-state index in [4.69, 9.17) is 16.6 Å². The van der Waals surface area contributed by atoms with Crippen molar-refractivity contribution in [1.82, 2.24) is 0 Å². The Morgan fingerprint density at radius 1 is 1.38 bits per heavy atom. The average Bonchev–Trinajstić information content (AvgIpc) is 2.31. The first-order valence-corrected chi connectivity index (χ1v) is 5.13. The van der Waals surface area contributed by atoms with Crippen molar-refractivity contribution in [3.63, 3.8) is 0 Å². The summed E-state index contributed by atoms with van der Waals surface area (Å²) in [6, 6.07) is 6.48. The van der Waals surface area contributed by atoms with Crippen LogP contribution in [0.4, 0.5) is 5.69 Å². The van der Waals surface area contributed by atoms with E-state index in [1.165, 1.54) is 0 Å². The maximum Gasteiger partial charge on any atom is 0.243 e. The molecule has 0 saturated carbocycles. The second-order valence-electron chi connectivity index (χ2n) is 3.51. The van der Waals surface area contributed by atoms with Crippen molar-refractivity contribution in [2.24, 2.45) is 11.5 Å². The predicted octanol–water partition coefficient (Wildman–Crippen LogP) is -0.554.